The second kappa shape index (κ2) is 6.20. The van der Waals surface area contributed by atoms with E-state index in [9.17, 15) is 4.79 Å². The molecular formula is C16H24N2O. The number of carbonyl (C=O) groups excluding carboxylic acids is 1. The van der Waals surface area contributed by atoms with Gasteiger partial charge in [-0.15, -0.1) is 0 Å². The van der Waals surface area contributed by atoms with Crippen molar-refractivity contribution in [2.45, 2.75) is 57.5 Å². The van der Waals surface area contributed by atoms with E-state index in [2.05, 4.69) is 31.3 Å². The van der Waals surface area contributed by atoms with Crippen LogP contribution in [0.25, 0.3) is 0 Å². The van der Waals surface area contributed by atoms with Crippen LogP contribution in [-0.4, -0.2) is 11.9 Å². The predicted molar refractivity (Wildman–Crippen MR) is 77.9 cm³/mol. The molecule has 2 rings (SSSR count). The largest absolute Gasteiger partial charge is 0.368 e. The van der Waals surface area contributed by atoms with E-state index in [0.29, 0.717) is 12.0 Å². The van der Waals surface area contributed by atoms with Gasteiger partial charge in [-0.3, -0.25) is 10.1 Å². The summed E-state index contributed by atoms with van der Waals surface area (Å²) in [5.74, 6) is 0.216. The highest BCUT2D eigenvalue weighted by Gasteiger charge is 2.23. The quantitative estimate of drug-likeness (QED) is 0.855. The Morgan fingerprint density at radius 1 is 1.16 bits per heavy atom. The summed E-state index contributed by atoms with van der Waals surface area (Å²) in [6.45, 7) is 4.33. The molecule has 1 aromatic carbocycles. The van der Waals surface area contributed by atoms with Gasteiger partial charge in [0, 0.05) is 6.04 Å². The third-order valence-corrected chi connectivity index (χ3v) is 3.98. The van der Waals surface area contributed by atoms with Crippen LogP contribution in [0.4, 0.5) is 0 Å². The van der Waals surface area contributed by atoms with Crippen LogP contribution >= 0.6 is 0 Å². The molecule has 0 radical (unpaired) electrons. The molecule has 104 valence electrons. The van der Waals surface area contributed by atoms with Crippen LogP contribution in [-0.2, 0) is 4.79 Å². The number of nitrogens with one attached hydrogen (secondary N) is 1. The molecular weight excluding hydrogens is 236 g/mol. The van der Waals surface area contributed by atoms with E-state index in [1.807, 2.05) is 12.1 Å². The Bertz CT molecular complexity index is 419. The zero-order valence-electron chi connectivity index (χ0n) is 11.9. The number of nitrogens with two attached hydrogens (primary N) is 1. The summed E-state index contributed by atoms with van der Waals surface area (Å²) in [5, 5.41) is 3.41. The van der Waals surface area contributed by atoms with E-state index in [4.69, 9.17) is 5.73 Å². The van der Waals surface area contributed by atoms with Gasteiger partial charge in [-0.05, 0) is 29.9 Å². The van der Waals surface area contributed by atoms with Gasteiger partial charge in [0.2, 0.25) is 5.91 Å². The average molecular weight is 260 g/mol. The Morgan fingerprint density at radius 2 is 1.68 bits per heavy atom. The van der Waals surface area contributed by atoms with Crippen LogP contribution in [0, 0.1) is 0 Å². The van der Waals surface area contributed by atoms with Crippen LogP contribution < -0.4 is 11.1 Å². The van der Waals surface area contributed by atoms with Gasteiger partial charge < -0.3 is 5.73 Å². The Balaban J connectivity index is 2.11. The van der Waals surface area contributed by atoms with E-state index in [-0.39, 0.29) is 11.9 Å². The van der Waals surface area contributed by atoms with E-state index in [1.54, 1.807) is 0 Å². The van der Waals surface area contributed by atoms with Crippen LogP contribution in [0.1, 0.15) is 62.6 Å². The summed E-state index contributed by atoms with van der Waals surface area (Å²) >= 11 is 0. The zero-order valence-corrected chi connectivity index (χ0v) is 11.9. The van der Waals surface area contributed by atoms with Gasteiger partial charge in [0.15, 0.2) is 0 Å². The molecule has 1 fully saturated rings. The van der Waals surface area contributed by atoms with Crippen molar-refractivity contribution in [3.63, 3.8) is 0 Å². The summed E-state index contributed by atoms with van der Waals surface area (Å²) in [5.41, 5.74) is 7.80. The predicted octanol–water partition coefficient (Wildman–Crippen LogP) is 2.87. The van der Waals surface area contributed by atoms with Crippen LogP contribution in [0.15, 0.2) is 24.3 Å². The SMILES string of the molecule is CC(C)c1ccc(C(NC2CCCC2)C(N)=O)cc1. The number of primary amides is 1. The Labute approximate surface area is 115 Å². The normalized spacial score (nSPS) is 17.8. The van der Waals surface area contributed by atoms with Gasteiger partial charge in [-0.1, -0.05) is 51.0 Å². The van der Waals surface area contributed by atoms with Gasteiger partial charge in [0.1, 0.15) is 6.04 Å². The number of benzene rings is 1. The maximum atomic E-state index is 11.7. The second-order valence-electron chi connectivity index (χ2n) is 5.80. The van der Waals surface area contributed by atoms with Crippen LogP contribution in [0.2, 0.25) is 0 Å². The molecule has 0 bridgehead atoms. The smallest absolute Gasteiger partial charge is 0.239 e. The molecule has 0 saturated heterocycles. The van der Waals surface area contributed by atoms with Crippen molar-refractivity contribution < 1.29 is 4.79 Å². The summed E-state index contributed by atoms with van der Waals surface area (Å²) in [4.78, 5) is 11.7. The highest BCUT2D eigenvalue weighted by molar-refractivity contribution is 5.81. The fraction of sp³-hybridized carbons (Fsp3) is 0.562. The first-order chi connectivity index (χ1) is 9.08. The molecule has 1 aromatic rings. The van der Waals surface area contributed by atoms with Crippen molar-refractivity contribution in [3.8, 4) is 0 Å². The fourth-order valence-corrected chi connectivity index (χ4v) is 2.74. The molecule has 1 aliphatic rings. The number of amides is 1. The molecule has 1 atom stereocenters. The lowest BCUT2D eigenvalue weighted by molar-refractivity contribution is -0.120. The van der Waals surface area contributed by atoms with E-state index in [0.717, 1.165) is 18.4 Å². The van der Waals surface area contributed by atoms with Crippen LogP contribution in [0.3, 0.4) is 0 Å². The van der Waals surface area contributed by atoms with Gasteiger partial charge in [-0.25, -0.2) is 0 Å². The minimum atomic E-state index is -0.357. The lowest BCUT2D eigenvalue weighted by Crippen LogP contribution is -2.38. The lowest BCUT2D eigenvalue weighted by Gasteiger charge is -2.21. The standard InChI is InChI=1S/C16H24N2O/c1-11(2)12-7-9-13(10-8-12)15(16(17)19)18-14-5-3-4-6-14/h7-11,14-15,18H,3-6H2,1-2H3,(H2,17,19). The van der Waals surface area contributed by atoms with Crippen molar-refractivity contribution >= 4 is 5.91 Å². The molecule has 3 nitrogen and oxygen atoms in total. The van der Waals surface area contributed by atoms with Gasteiger partial charge in [-0.2, -0.15) is 0 Å². The minimum absolute atomic E-state index is 0.288. The van der Waals surface area contributed by atoms with Crippen molar-refractivity contribution in [2.75, 3.05) is 0 Å². The highest BCUT2D eigenvalue weighted by Crippen LogP contribution is 2.23. The highest BCUT2D eigenvalue weighted by atomic mass is 16.1. The molecule has 0 heterocycles. The first-order valence-corrected chi connectivity index (χ1v) is 7.23. The topological polar surface area (TPSA) is 55.1 Å². The van der Waals surface area contributed by atoms with Crippen molar-refractivity contribution in [1.29, 1.82) is 0 Å². The fourth-order valence-electron chi connectivity index (χ4n) is 2.74. The molecule has 0 spiro atoms. The van der Waals surface area contributed by atoms with Crippen LogP contribution in [0.5, 0.6) is 0 Å². The second-order valence-corrected chi connectivity index (χ2v) is 5.80. The molecule has 1 amide bonds. The van der Waals surface area contributed by atoms with E-state index >= 15 is 0 Å². The summed E-state index contributed by atoms with van der Waals surface area (Å²) in [6, 6.07) is 8.30. The molecule has 1 saturated carbocycles. The molecule has 1 aliphatic carbocycles. The molecule has 1 unspecified atom stereocenters. The third-order valence-electron chi connectivity index (χ3n) is 3.98. The molecule has 0 aromatic heterocycles. The van der Waals surface area contributed by atoms with Gasteiger partial charge >= 0.3 is 0 Å². The third kappa shape index (κ3) is 3.57. The van der Waals surface area contributed by atoms with E-state index in [1.165, 1.54) is 18.4 Å². The maximum Gasteiger partial charge on any atom is 0.239 e. The monoisotopic (exact) mass is 260 g/mol. The van der Waals surface area contributed by atoms with Crippen molar-refractivity contribution in [3.05, 3.63) is 35.4 Å². The number of carbonyl (C=O) groups is 1. The first kappa shape index (κ1) is 14.1. The summed E-state index contributed by atoms with van der Waals surface area (Å²) < 4.78 is 0. The Kier molecular flexibility index (Phi) is 4.59. The molecule has 19 heavy (non-hydrogen) atoms. The summed E-state index contributed by atoms with van der Waals surface area (Å²) in [7, 11) is 0. The number of rotatable bonds is 5. The maximum absolute atomic E-state index is 11.7. The van der Waals surface area contributed by atoms with Gasteiger partial charge in [0.25, 0.3) is 0 Å². The van der Waals surface area contributed by atoms with Crippen molar-refractivity contribution in [2.24, 2.45) is 5.73 Å². The summed E-state index contributed by atoms with van der Waals surface area (Å²) in [6.07, 6.45) is 4.78. The zero-order chi connectivity index (χ0) is 13.8. The Hall–Kier alpha value is -1.35. The average Bonchev–Trinajstić information content (AvgIpc) is 2.88. The number of hydrogen-bond donors (Lipinski definition) is 2. The van der Waals surface area contributed by atoms with Crippen molar-refractivity contribution in [1.82, 2.24) is 5.32 Å². The van der Waals surface area contributed by atoms with Gasteiger partial charge in [0.05, 0.1) is 0 Å². The number of hydrogen-bond acceptors (Lipinski definition) is 2. The molecule has 0 aliphatic heterocycles. The molecule has 3 heteroatoms. The Morgan fingerprint density at radius 3 is 2.16 bits per heavy atom. The minimum Gasteiger partial charge on any atom is -0.368 e. The molecule has 3 N–H and O–H groups in total. The first-order valence-electron chi connectivity index (χ1n) is 7.23. The lowest BCUT2D eigenvalue weighted by atomic mass is 9.98. The van der Waals surface area contributed by atoms with E-state index < -0.39 is 0 Å².